The predicted molar refractivity (Wildman–Crippen MR) is 106 cm³/mol. The van der Waals surface area contributed by atoms with E-state index in [1.165, 1.54) is 11.1 Å². The molecule has 0 fully saturated rings. The highest BCUT2D eigenvalue weighted by Crippen LogP contribution is 2.23. The number of carbonyl (C=O) groups is 1. The highest BCUT2D eigenvalue weighted by atomic mass is 16.5. The molecule has 0 atom stereocenters. The number of carbonyl (C=O) groups excluding carboxylic acids is 1. The van der Waals surface area contributed by atoms with E-state index in [0.717, 1.165) is 17.2 Å². The van der Waals surface area contributed by atoms with Gasteiger partial charge in [0.2, 0.25) is 5.91 Å². The Hall–Kier alpha value is -2.49. The van der Waals surface area contributed by atoms with E-state index in [-0.39, 0.29) is 5.91 Å². The molecule has 0 unspecified atom stereocenters. The second-order valence-electron chi connectivity index (χ2n) is 6.63. The second-order valence-corrected chi connectivity index (χ2v) is 6.63. The van der Waals surface area contributed by atoms with Crippen LogP contribution in [0, 0.1) is 6.92 Å². The van der Waals surface area contributed by atoms with Gasteiger partial charge in [0.05, 0.1) is 13.2 Å². The minimum absolute atomic E-state index is 0.0101. The Bertz CT molecular complexity index is 708. The van der Waals surface area contributed by atoms with Crippen molar-refractivity contribution < 1.29 is 14.3 Å². The van der Waals surface area contributed by atoms with E-state index in [1.807, 2.05) is 37.3 Å². The van der Waals surface area contributed by atoms with Gasteiger partial charge in [-0.1, -0.05) is 19.9 Å². The Balaban J connectivity index is 1.72. The molecule has 0 aliphatic heterocycles. The van der Waals surface area contributed by atoms with Gasteiger partial charge in [0.1, 0.15) is 11.5 Å². The lowest BCUT2D eigenvalue weighted by atomic mass is 9.98. The fraction of sp³-hybridized carbons (Fsp3) is 0.409. The van der Waals surface area contributed by atoms with Gasteiger partial charge in [-0.05, 0) is 73.7 Å². The zero-order chi connectivity index (χ0) is 18.9. The Morgan fingerprint density at radius 2 is 1.73 bits per heavy atom. The molecule has 0 saturated heterocycles. The molecule has 4 nitrogen and oxygen atoms in total. The molecule has 2 aromatic carbocycles. The van der Waals surface area contributed by atoms with E-state index in [4.69, 9.17) is 9.47 Å². The summed E-state index contributed by atoms with van der Waals surface area (Å²) in [5, 5.41) is 2.89. The van der Waals surface area contributed by atoms with E-state index in [0.29, 0.717) is 32.0 Å². The van der Waals surface area contributed by atoms with Crippen LogP contribution < -0.4 is 14.8 Å². The van der Waals surface area contributed by atoms with E-state index in [1.54, 1.807) is 0 Å². The quantitative estimate of drug-likeness (QED) is 0.620. The third-order valence-electron chi connectivity index (χ3n) is 4.13. The normalized spacial score (nSPS) is 10.7. The summed E-state index contributed by atoms with van der Waals surface area (Å²) >= 11 is 0. The van der Waals surface area contributed by atoms with Crippen molar-refractivity contribution in [2.75, 3.05) is 18.5 Å². The standard InChI is InChI=1S/C22H29NO3/c1-5-25-19-10-8-18(9-11-19)23-22(24)7-6-14-26-20-12-13-21(16(2)3)17(4)15-20/h8-13,15-16H,5-7,14H2,1-4H3,(H,23,24). The molecule has 4 heteroatoms. The zero-order valence-electron chi connectivity index (χ0n) is 16.2. The maximum Gasteiger partial charge on any atom is 0.224 e. The first-order chi connectivity index (χ1) is 12.5. The number of hydrogen-bond donors (Lipinski definition) is 1. The van der Waals surface area contributed by atoms with Crippen LogP contribution in [-0.2, 0) is 4.79 Å². The molecular formula is C22H29NO3. The Labute approximate surface area is 156 Å². The van der Waals surface area contributed by atoms with Gasteiger partial charge in [-0.2, -0.15) is 0 Å². The van der Waals surface area contributed by atoms with Gasteiger partial charge in [0.25, 0.3) is 0 Å². The van der Waals surface area contributed by atoms with Crippen LogP contribution in [0.1, 0.15) is 50.7 Å². The Kier molecular flexibility index (Phi) is 7.52. The average molecular weight is 355 g/mol. The molecular weight excluding hydrogens is 326 g/mol. The molecule has 0 bridgehead atoms. The highest BCUT2D eigenvalue weighted by Gasteiger charge is 2.06. The van der Waals surface area contributed by atoms with Gasteiger partial charge >= 0.3 is 0 Å². The minimum atomic E-state index is -0.0101. The molecule has 1 amide bonds. The van der Waals surface area contributed by atoms with Crippen molar-refractivity contribution in [3.05, 3.63) is 53.6 Å². The zero-order valence-corrected chi connectivity index (χ0v) is 16.2. The number of benzene rings is 2. The number of anilines is 1. The van der Waals surface area contributed by atoms with Gasteiger partial charge in [-0.3, -0.25) is 4.79 Å². The molecule has 0 heterocycles. The predicted octanol–water partition coefficient (Wildman–Crippen LogP) is 5.31. The monoisotopic (exact) mass is 355 g/mol. The molecule has 0 spiro atoms. The fourth-order valence-electron chi connectivity index (χ4n) is 2.83. The second kappa shape index (κ2) is 9.85. The van der Waals surface area contributed by atoms with E-state index in [9.17, 15) is 4.79 Å². The molecule has 0 aliphatic carbocycles. The molecule has 0 aromatic heterocycles. The first-order valence-corrected chi connectivity index (χ1v) is 9.25. The van der Waals surface area contributed by atoms with E-state index >= 15 is 0 Å². The van der Waals surface area contributed by atoms with Gasteiger partial charge in [-0.15, -0.1) is 0 Å². The van der Waals surface area contributed by atoms with Crippen molar-refractivity contribution in [1.29, 1.82) is 0 Å². The summed E-state index contributed by atoms with van der Waals surface area (Å²) in [6, 6.07) is 13.6. The van der Waals surface area contributed by atoms with Crippen molar-refractivity contribution in [3.63, 3.8) is 0 Å². The van der Waals surface area contributed by atoms with Gasteiger partial charge in [0.15, 0.2) is 0 Å². The summed E-state index contributed by atoms with van der Waals surface area (Å²) in [6.07, 6.45) is 1.10. The maximum atomic E-state index is 12.0. The first kappa shape index (κ1) is 19.8. The Morgan fingerprint density at radius 3 is 2.35 bits per heavy atom. The summed E-state index contributed by atoms with van der Waals surface area (Å²) in [6.45, 7) is 9.57. The molecule has 2 aromatic rings. The summed E-state index contributed by atoms with van der Waals surface area (Å²) in [7, 11) is 0. The fourth-order valence-corrected chi connectivity index (χ4v) is 2.83. The molecule has 26 heavy (non-hydrogen) atoms. The van der Waals surface area contributed by atoms with E-state index < -0.39 is 0 Å². The van der Waals surface area contributed by atoms with Crippen LogP contribution in [0.5, 0.6) is 11.5 Å². The van der Waals surface area contributed by atoms with E-state index in [2.05, 4.69) is 38.2 Å². The van der Waals surface area contributed by atoms with Crippen LogP contribution in [0.4, 0.5) is 5.69 Å². The van der Waals surface area contributed by atoms with Gasteiger partial charge in [-0.25, -0.2) is 0 Å². The maximum absolute atomic E-state index is 12.0. The van der Waals surface area contributed by atoms with Gasteiger partial charge in [0, 0.05) is 12.1 Å². The molecule has 0 aliphatic rings. The number of hydrogen-bond acceptors (Lipinski definition) is 3. The SMILES string of the molecule is CCOc1ccc(NC(=O)CCCOc2ccc(C(C)C)c(C)c2)cc1. The number of aryl methyl sites for hydroxylation is 1. The van der Waals surface area contributed by atoms with Gasteiger partial charge < -0.3 is 14.8 Å². The number of ether oxygens (including phenoxy) is 2. The summed E-state index contributed by atoms with van der Waals surface area (Å²) in [5.74, 6) is 2.16. The summed E-state index contributed by atoms with van der Waals surface area (Å²) in [5.41, 5.74) is 3.36. The average Bonchev–Trinajstić information content (AvgIpc) is 2.60. The Morgan fingerprint density at radius 1 is 1.04 bits per heavy atom. The molecule has 0 saturated carbocycles. The van der Waals surface area contributed by atoms with Crippen molar-refractivity contribution in [3.8, 4) is 11.5 Å². The lowest BCUT2D eigenvalue weighted by molar-refractivity contribution is -0.116. The molecule has 0 radical (unpaired) electrons. The largest absolute Gasteiger partial charge is 0.494 e. The topological polar surface area (TPSA) is 47.6 Å². The van der Waals surface area contributed by atoms with Crippen LogP contribution in [-0.4, -0.2) is 19.1 Å². The lowest BCUT2D eigenvalue weighted by Crippen LogP contribution is -2.12. The summed E-state index contributed by atoms with van der Waals surface area (Å²) < 4.78 is 11.2. The molecule has 1 N–H and O–H groups in total. The number of nitrogens with one attached hydrogen (secondary N) is 1. The first-order valence-electron chi connectivity index (χ1n) is 9.25. The van der Waals surface area contributed by atoms with Crippen molar-refractivity contribution in [2.45, 2.75) is 46.5 Å². The summed E-state index contributed by atoms with van der Waals surface area (Å²) in [4.78, 5) is 12.0. The molecule has 140 valence electrons. The van der Waals surface area contributed by atoms with Crippen molar-refractivity contribution >= 4 is 11.6 Å². The number of rotatable bonds is 9. The smallest absolute Gasteiger partial charge is 0.224 e. The lowest BCUT2D eigenvalue weighted by Gasteiger charge is -2.12. The van der Waals surface area contributed by atoms with Crippen LogP contribution in [0.25, 0.3) is 0 Å². The van der Waals surface area contributed by atoms with Crippen LogP contribution in [0.3, 0.4) is 0 Å². The highest BCUT2D eigenvalue weighted by molar-refractivity contribution is 5.90. The minimum Gasteiger partial charge on any atom is -0.494 e. The third kappa shape index (κ3) is 6.10. The van der Waals surface area contributed by atoms with Crippen molar-refractivity contribution in [1.82, 2.24) is 0 Å². The third-order valence-corrected chi connectivity index (χ3v) is 4.13. The van der Waals surface area contributed by atoms with Crippen molar-refractivity contribution in [2.24, 2.45) is 0 Å². The number of amides is 1. The van der Waals surface area contributed by atoms with Crippen LogP contribution in [0.2, 0.25) is 0 Å². The molecule has 2 rings (SSSR count). The van der Waals surface area contributed by atoms with Crippen LogP contribution in [0.15, 0.2) is 42.5 Å². The van der Waals surface area contributed by atoms with Crippen LogP contribution >= 0.6 is 0 Å².